The summed E-state index contributed by atoms with van der Waals surface area (Å²) in [6.45, 7) is 0. The summed E-state index contributed by atoms with van der Waals surface area (Å²) in [5, 5.41) is 0. The van der Waals surface area contributed by atoms with E-state index in [0.717, 1.165) is 0 Å². The molecule has 2 radical (unpaired) electrons. The summed E-state index contributed by atoms with van der Waals surface area (Å²) in [6, 6.07) is 21.5. The summed E-state index contributed by atoms with van der Waals surface area (Å²) < 4.78 is 2.99. The van der Waals surface area contributed by atoms with Crippen molar-refractivity contribution in [3.05, 3.63) is 60.7 Å². The topological polar surface area (TPSA) is 0 Å². The second-order valence-electron chi connectivity index (χ2n) is 2.86. The van der Waals surface area contributed by atoms with Gasteiger partial charge in [0.15, 0.2) is 0 Å². The molecule has 0 N–H and O–H groups in total. The molecule has 0 bridgehead atoms. The predicted octanol–water partition coefficient (Wildman–Crippen LogP) is 2.19. The Morgan fingerprint density at radius 1 is 0.533 bits per heavy atom. The first-order valence-electron chi connectivity index (χ1n) is 4.32. The van der Waals surface area contributed by atoms with Crippen LogP contribution >= 0.6 is 24.8 Å². The van der Waals surface area contributed by atoms with Gasteiger partial charge < -0.3 is 0 Å². The molecule has 0 amide bonds. The summed E-state index contributed by atoms with van der Waals surface area (Å²) in [5.41, 5.74) is 0. The number of halogens is 2. The van der Waals surface area contributed by atoms with Gasteiger partial charge >= 0.3 is 84.9 Å². The Bertz CT molecular complexity index is 324. The second-order valence-corrected chi connectivity index (χ2v) is 5.80. The van der Waals surface area contributed by atoms with Crippen LogP contribution in [0.1, 0.15) is 0 Å². The van der Waals surface area contributed by atoms with Crippen molar-refractivity contribution < 1.29 is 0 Å². The average molecular weight is 300 g/mol. The Balaban J connectivity index is 0.000000980. The molecule has 2 aromatic carbocycles. The fourth-order valence-corrected chi connectivity index (χ4v) is 3.42. The van der Waals surface area contributed by atoms with Crippen molar-refractivity contribution in [2.24, 2.45) is 0 Å². The maximum atomic E-state index is 2.22. The number of hydrogen-bond donors (Lipinski definition) is 0. The molecule has 15 heavy (non-hydrogen) atoms. The molecular formula is C12H12Cl2Ge. The van der Waals surface area contributed by atoms with Gasteiger partial charge in [0.2, 0.25) is 0 Å². The molecule has 0 aliphatic rings. The second kappa shape index (κ2) is 7.80. The third-order valence-corrected chi connectivity index (χ3v) is 4.45. The van der Waals surface area contributed by atoms with Gasteiger partial charge in [-0.3, -0.25) is 0 Å². The van der Waals surface area contributed by atoms with E-state index >= 15 is 0 Å². The SMILES string of the molecule is Cl.Cl.c1cc[c]([Ge][c]2ccccc2)cc1. The summed E-state index contributed by atoms with van der Waals surface area (Å²) in [5.74, 6) is 0. The van der Waals surface area contributed by atoms with Crippen LogP contribution in [0.2, 0.25) is 0 Å². The first-order valence-corrected chi connectivity index (χ1v) is 6.42. The monoisotopic (exact) mass is 300 g/mol. The van der Waals surface area contributed by atoms with Crippen LogP contribution in [0, 0.1) is 0 Å². The van der Waals surface area contributed by atoms with Gasteiger partial charge in [-0.1, -0.05) is 0 Å². The quantitative estimate of drug-likeness (QED) is 0.746. The molecule has 0 heterocycles. The predicted molar refractivity (Wildman–Crippen MR) is 72.4 cm³/mol. The van der Waals surface area contributed by atoms with E-state index in [4.69, 9.17) is 0 Å². The molecule has 0 saturated carbocycles. The molecule has 0 saturated heterocycles. The van der Waals surface area contributed by atoms with E-state index in [1.807, 2.05) is 0 Å². The summed E-state index contributed by atoms with van der Waals surface area (Å²) in [6.07, 6.45) is 0. The van der Waals surface area contributed by atoms with Crippen molar-refractivity contribution in [1.29, 1.82) is 0 Å². The van der Waals surface area contributed by atoms with Crippen LogP contribution in [0.15, 0.2) is 60.7 Å². The van der Waals surface area contributed by atoms with E-state index in [1.54, 1.807) is 0 Å². The van der Waals surface area contributed by atoms with E-state index in [-0.39, 0.29) is 40.2 Å². The fourth-order valence-electron chi connectivity index (χ4n) is 1.21. The first-order chi connectivity index (χ1) is 6.45. The van der Waals surface area contributed by atoms with Crippen LogP contribution in [0.4, 0.5) is 0 Å². The van der Waals surface area contributed by atoms with Gasteiger partial charge in [0.1, 0.15) is 0 Å². The van der Waals surface area contributed by atoms with Gasteiger partial charge in [-0.2, -0.15) is 0 Å². The Morgan fingerprint density at radius 2 is 0.867 bits per heavy atom. The molecule has 0 fully saturated rings. The van der Waals surface area contributed by atoms with Crippen LogP contribution in [0.3, 0.4) is 0 Å². The summed E-state index contributed by atoms with van der Waals surface area (Å²) >= 11 is -0.108. The average Bonchev–Trinajstić information content (AvgIpc) is 2.21. The van der Waals surface area contributed by atoms with E-state index in [2.05, 4.69) is 60.7 Å². The molecule has 2 aromatic rings. The van der Waals surface area contributed by atoms with Gasteiger partial charge in [0, 0.05) is 0 Å². The van der Waals surface area contributed by atoms with Crippen molar-refractivity contribution in [2.45, 2.75) is 0 Å². The zero-order chi connectivity index (χ0) is 8.93. The molecule has 3 heteroatoms. The zero-order valence-corrected chi connectivity index (χ0v) is 11.8. The van der Waals surface area contributed by atoms with Crippen LogP contribution in [-0.4, -0.2) is 15.4 Å². The third kappa shape index (κ3) is 4.74. The molecule has 0 aliphatic heterocycles. The van der Waals surface area contributed by atoms with Gasteiger partial charge in [-0.25, -0.2) is 0 Å². The Hall–Kier alpha value is -0.437. The number of rotatable bonds is 2. The van der Waals surface area contributed by atoms with Gasteiger partial charge in [0.05, 0.1) is 0 Å². The van der Waals surface area contributed by atoms with Gasteiger partial charge in [0.25, 0.3) is 0 Å². The summed E-state index contributed by atoms with van der Waals surface area (Å²) in [7, 11) is 0. The van der Waals surface area contributed by atoms with Crippen molar-refractivity contribution in [3.63, 3.8) is 0 Å². The standard InChI is InChI=1S/C12H10Ge.2ClH/c1-3-7-11(8-4-1)13-12-9-5-2-6-10-12;;/h1-10H;2*1H. The van der Waals surface area contributed by atoms with Gasteiger partial charge in [-0.05, 0) is 0 Å². The van der Waals surface area contributed by atoms with Crippen LogP contribution < -0.4 is 8.79 Å². The molecule has 0 nitrogen and oxygen atoms in total. The molecular weight excluding hydrogens is 288 g/mol. The molecule has 0 atom stereocenters. The Kier molecular flexibility index (Phi) is 7.58. The van der Waals surface area contributed by atoms with Crippen LogP contribution in [0.25, 0.3) is 0 Å². The first kappa shape index (κ1) is 14.6. The van der Waals surface area contributed by atoms with E-state index < -0.39 is 0 Å². The Morgan fingerprint density at radius 3 is 1.20 bits per heavy atom. The maximum absolute atomic E-state index is 2.22. The van der Waals surface area contributed by atoms with Crippen molar-refractivity contribution in [1.82, 2.24) is 0 Å². The minimum atomic E-state index is -0.108. The summed E-state index contributed by atoms with van der Waals surface area (Å²) in [4.78, 5) is 0. The van der Waals surface area contributed by atoms with Crippen LogP contribution in [0.5, 0.6) is 0 Å². The fraction of sp³-hybridized carbons (Fsp3) is 0. The van der Waals surface area contributed by atoms with Crippen molar-refractivity contribution in [2.75, 3.05) is 0 Å². The molecule has 78 valence electrons. The molecule has 0 aliphatic carbocycles. The number of hydrogen-bond acceptors (Lipinski definition) is 0. The third-order valence-electron chi connectivity index (χ3n) is 1.84. The molecule has 0 unspecified atom stereocenters. The molecule has 0 aromatic heterocycles. The van der Waals surface area contributed by atoms with Gasteiger partial charge in [-0.15, -0.1) is 24.8 Å². The Labute approximate surface area is 109 Å². The van der Waals surface area contributed by atoms with E-state index in [0.29, 0.717) is 0 Å². The van der Waals surface area contributed by atoms with Crippen LogP contribution in [-0.2, 0) is 0 Å². The molecule has 0 spiro atoms. The molecule has 2 rings (SSSR count). The minimum absolute atomic E-state index is 0. The number of benzene rings is 2. The van der Waals surface area contributed by atoms with Crippen molar-refractivity contribution in [3.8, 4) is 0 Å². The van der Waals surface area contributed by atoms with E-state index in [9.17, 15) is 0 Å². The van der Waals surface area contributed by atoms with Crippen molar-refractivity contribution >= 4 is 49.0 Å². The van der Waals surface area contributed by atoms with E-state index in [1.165, 1.54) is 8.79 Å². The zero-order valence-electron chi connectivity index (χ0n) is 8.09. The normalized spacial score (nSPS) is 8.53.